The molecule has 0 spiro atoms. The minimum atomic E-state index is -0.270. The summed E-state index contributed by atoms with van der Waals surface area (Å²) >= 11 is 0. The van der Waals surface area contributed by atoms with Crippen molar-refractivity contribution in [2.45, 2.75) is 32.5 Å². The zero-order valence-electron chi connectivity index (χ0n) is 9.63. The fourth-order valence-electron chi connectivity index (χ4n) is 1.78. The standard InChI is InChI=1S/C11H17N3O2/c1-8(2)16-11-10(12-4-5-13-11)14-6-3-9(15)7-14/h4-5,8-9,15H,3,6-7H2,1-2H3/t9-/m1/s1. The van der Waals surface area contributed by atoms with Crippen LogP contribution in [-0.2, 0) is 0 Å². The molecule has 2 heterocycles. The van der Waals surface area contributed by atoms with Crippen LogP contribution in [0.2, 0.25) is 0 Å². The molecule has 16 heavy (non-hydrogen) atoms. The van der Waals surface area contributed by atoms with Gasteiger partial charge in [-0.15, -0.1) is 0 Å². The van der Waals surface area contributed by atoms with E-state index in [1.807, 2.05) is 18.7 Å². The van der Waals surface area contributed by atoms with E-state index in [4.69, 9.17) is 4.74 Å². The molecular formula is C11H17N3O2. The summed E-state index contributed by atoms with van der Waals surface area (Å²) in [4.78, 5) is 10.5. The molecule has 2 rings (SSSR count). The van der Waals surface area contributed by atoms with Gasteiger partial charge in [0.15, 0.2) is 5.82 Å². The third kappa shape index (κ3) is 2.41. The van der Waals surface area contributed by atoms with E-state index < -0.39 is 0 Å². The van der Waals surface area contributed by atoms with Gasteiger partial charge in [-0.2, -0.15) is 0 Å². The zero-order valence-corrected chi connectivity index (χ0v) is 9.63. The second-order valence-corrected chi connectivity index (χ2v) is 4.24. The first-order valence-electron chi connectivity index (χ1n) is 5.57. The molecule has 5 nitrogen and oxygen atoms in total. The van der Waals surface area contributed by atoms with Crippen LogP contribution in [-0.4, -0.2) is 40.4 Å². The van der Waals surface area contributed by atoms with Crippen LogP contribution in [0.15, 0.2) is 12.4 Å². The van der Waals surface area contributed by atoms with Gasteiger partial charge in [0.25, 0.3) is 5.88 Å². The molecule has 0 radical (unpaired) electrons. The maximum atomic E-state index is 9.50. The number of rotatable bonds is 3. The van der Waals surface area contributed by atoms with E-state index in [-0.39, 0.29) is 12.2 Å². The van der Waals surface area contributed by atoms with Crippen molar-refractivity contribution in [2.24, 2.45) is 0 Å². The number of hydrogen-bond donors (Lipinski definition) is 1. The Morgan fingerprint density at radius 1 is 1.44 bits per heavy atom. The summed E-state index contributed by atoms with van der Waals surface area (Å²) in [6.45, 7) is 5.32. The van der Waals surface area contributed by atoms with Crippen molar-refractivity contribution in [3.63, 3.8) is 0 Å². The lowest BCUT2D eigenvalue weighted by Gasteiger charge is -2.19. The summed E-state index contributed by atoms with van der Waals surface area (Å²) in [6, 6.07) is 0. The normalized spacial score (nSPS) is 20.5. The molecule has 5 heteroatoms. The van der Waals surface area contributed by atoms with Crippen molar-refractivity contribution in [1.29, 1.82) is 0 Å². The highest BCUT2D eigenvalue weighted by Gasteiger charge is 2.24. The van der Waals surface area contributed by atoms with Gasteiger partial charge in [0.1, 0.15) is 0 Å². The van der Waals surface area contributed by atoms with Crippen LogP contribution in [0.25, 0.3) is 0 Å². The molecule has 0 amide bonds. The predicted octanol–water partition coefficient (Wildman–Crippen LogP) is 0.835. The molecule has 88 valence electrons. The topological polar surface area (TPSA) is 58.5 Å². The van der Waals surface area contributed by atoms with E-state index in [1.165, 1.54) is 0 Å². The van der Waals surface area contributed by atoms with Crippen molar-refractivity contribution < 1.29 is 9.84 Å². The van der Waals surface area contributed by atoms with E-state index in [1.54, 1.807) is 12.4 Å². The van der Waals surface area contributed by atoms with Gasteiger partial charge < -0.3 is 14.7 Å². The number of aliphatic hydroxyl groups excluding tert-OH is 1. The maximum absolute atomic E-state index is 9.50. The Bertz CT molecular complexity index is 357. The van der Waals surface area contributed by atoms with Gasteiger partial charge in [0.2, 0.25) is 0 Å². The highest BCUT2D eigenvalue weighted by Crippen LogP contribution is 2.26. The highest BCUT2D eigenvalue weighted by atomic mass is 16.5. The highest BCUT2D eigenvalue weighted by molar-refractivity contribution is 5.48. The Kier molecular flexibility index (Phi) is 3.24. The molecule has 1 saturated heterocycles. The van der Waals surface area contributed by atoms with Crippen molar-refractivity contribution in [3.8, 4) is 5.88 Å². The summed E-state index contributed by atoms with van der Waals surface area (Å²) in [5.74, 6) is 1.28. The van der Waals surface area contributed by atoms with Gasteiger partial charge in [-0.05, 0) is 20.3 Å². The molecule has 0 bridgehead atoms. The fraction of sp³-hybridized carbons (Fsp3) is 0.636. The van der Waals surface area contributed by atoms with Crippen molar-refractivity contribution in [2.75, 3.05) is 18.0 Å². The van der Waals surface area contributed by atoms with Gasteiger partial charge in [-0.25, -0.2) is 9.97 Å². The molecule has 1 aromatic heterocycles. The van der Waals surface area contributed by atoms with Crippen LogP contribution in [0.5, 0.6) is 5.88 Å². The summed E-state index contributed by atoms with van der Waals surface area (Å²) in [6.07, 6.45) is 3.84. The van der Waals surface area contributed by atoms with Gasteiger partial charge >= 0.3 is 0 Å². The van der Waals surface area contributed by atoms with Crippen LogP contribution in [0.3, 0.4) is 0 Å². The average molecular weight is 223 g/mol. The van der Waals surface area contributed by atoms with Gasteiger partial charge in [-0.3, -0.25) is 0 Å². The molecule has 1 aliphatic rings. The number of aliphatic hydroxyl groups is 1. The third-order valence-electron chi connectivity index (χ3n) is 2.46. The van der Waals surface area contributed by atoms with Crippen molar-refractivity contribution >= 4 is 5.82 Å². The Hall–Kier alpha value is -1.36. The van der Waals surface area contributed by atoms with E-state index in [2.05, 4.69) is 9.97 Å². The molecule has 1 fully saturated rings. The average Bonchev–Trinajstić information content (AvgIpc) is 2.65. The first-order chi connectivity index (χ1) is 7.66. The summed E-state index contributed by atoms with van der Waals surface area (Å²) < 4.78 is 5.60. The number of anilines is 1. The minimum Gasteiger partial charge on any atom is -0.472 e. The Morgan fingerprint density at radius 2 is 2.19 bits per heavy atom. The Labute approximate surface area is 95.1 Å². The number of hydrogen-bond acceptors (Lipinski definition) is 5. The number of aromatic nitrogens is 2. The molecule has 0 aliphatic carbocycles. The molecule has 0 aromatic carbocycles. The quantitative estimate of drug-likeness (QED) is 0.822. The molecule has 0 unspecified atom stereocenters. The summed E-state index contributed by atoms with van der Waals surface area (Å²) in [5.41, 5.74) is 0. The molecule has 1 atom stereocenters. The monoisotopic (exact) mass is 223 g/mol. The Balaban J connectivity index is 2.19. The number of β-amino-alcohol motifs (C(OH)–C–C–N with tert-alkyl or cyclic N) is 1. The number of nitrogens with zero attached hydrogens (tertiary/aromatic N) is 3. The molecule has 1 aromatic rings. The fourth-order valence-corrected chi connectivity index (χ4v) is 1.78. The summed E-state index contributed by atoms with van der Waals surface area (Å²) in [5, 5.41) is 9.50. The molecule has 1 aliphatic heterocycles. The van der Waals surface area contributed by atoms with Crippen molar-refractivity contribution in [1.82, 2.24) is 9.97 Å². The van der Waals surface area contributed by atoms with Crippen LogP contribution >= 0.6 is 0 Å². The second-order valence-electron chi connectivity index (χ2n) is 4.24. The lowest BCUT2D eigenvalue weighted by atomic mass is 10.3. The van der Waals surface area contributed by atoms with E-state index in [0.29, 0.717) is 12.4 Å². The van der Waals surface area contributed by atoms with E-state index in [0.717, 1.165) is 18.8 Å². The van der Waals surface area contributed by atoms with Crippen LogP contribution in [0.4, 0.5) is 5.82 Å². The SMILES string of the molecule is CC(C)Oc1nccnc1N1CC[C@@H](O)C1. The molecular weight excluding hydrogens is 206 g/mol. The van der Waals surface area contributed by atoms with Gasteiger partial charge in [0, 0.05) is 25.5 Å². The van der Waals surface area contributed by atoms with E-state index in [9.17, 15) is 5.11 Å². The van der Waals surface area contributed by atoms with Crippen LogP contribution in [0, 0.1) is 0 Å². The molecule has 1 N–H and O–H groups in total. The second kappa shape index (κ2) is 4.65. The largest absolute Gasteiger partial charge is 0.472 e. The Morgan fingerprint density at radius 3 is 2.81 bits per heavy atom. The first kappa shape index (κ1) is 11.1. The third-order valence-corrected chi connectivity index (χ3v) is 2.46. The van der Waals surface area contributed by atoms with Crippen molar-refractivity contribution in [3.05, 3.63) is 12.4 Å². The minimum absolute atomic E-state index is 0.0722. The van der Waals surface area contributed by atoms with Gasteiger partial charge in [0.05, 0.1) is 12.2 Å². The van der Waals surface area contributed by atoms with Crippen LogP contribution in [0.1, 0.15) is 20.3 Å². The maximum Gasteiger partial charge on any atom is 0.257 e. The first-order valence-corrected chi connectivity index (χ1v) is 5.57. The molecule has 0 saturated carbocycles. The smallest absolute Gasteiger partial charge is 0.257 e. The lowest BCUT2D eigenvalue weighted by Crippen LogP contribution is -2.24. The van der Waals surface area contributed by atoms with Gasteiger partial charge in [-0.1, -0.05) is 0 Å². The lowest BCUT2D eigenvalue weighted by molar-refractivity contribution is 0.198. The predicted molar refractivity (Wildman–Crippen MR) is 60.6 cm³/mol. The van der Waals surface area contributed by atoms with E-state index >= 15 is 0 Å². The van der Waals surface area contributed by atoms with Crippen LogP contribution < -0.4 is 9.64 Å². The zero-order chi connectivity index (χ0) is 11.5. The number of ether oxygens (including phenoxy) is 1. The summed E-state index contributed by atoms with van der Waals surface area (Å²) in [7, 11) is 0.